The van der Waals surface area contributed by atoms with E-state index in [1.165, 1.54) is 5.69 Å². The first-order chi connectivity index (χ1) is 8.13. The molecule has 0 spiro atoms. The molecule has 1 N–H and O–H groups in total. The Morgan fingerprint density at radius 3 is 2.82 bits per heavy atom. The summed E-state index contributed by atoms with van der Waals surface area (Å²) in [5.74, 6) is 1.01. The summed E-state index contributed by atoms with van der Waals surface area (Å²) in [4.78, 5) is 4.69. The van der Waals surface area contributed by atoms with Gasteiger partial charge in [-0.3, -0.25) is 0 Å². The van der Waals surface area contributed by atoms with Gasteiger partial charge in [-0.15, -0.1) is 0 Å². The number of nitrogens with one attached hydrogen (secondary N) is 1. The summed E-state index contributed by atoms with van der Waals surface area (Å²) < 4.78 is 3.21. The Bertz CT molecular complexity index is 531. The highest BCUT2D eigenvalue weighted by Gasteiger charge is 2.11. The summed E-state index contributed by atoms with van der Waals surface area (Å²) in [5.41, 5.74) is 3.44. The molecule has 3 nitrogen and oxygen atoms in total. The van der Waals surface area contributed by atoms with Gasteiger partial charge in [0, 0.05) is 29.3 Å². The number of benzene rings is 1. The number of nitrogens with zero attached hydrogens (tertiary/aromatic N) is 2. The van der Waals surface area contributed by atoms with Crippen LogP contribution >= 0.6 is 15.9 Å². The van der Waals surface area contributed by atoms with Gasteiger partial charge in [-0.25, -0.2) is 4.98 Å². The number of halogens is 1. The minimum absolute atomic E-state index is 0.799. The Morgan fingerprint density at radius 2 is 2.18 bits per heavy atom. The summed E-state index contributed by atoms with van der Waals surface area (Å²) in [6.45, 7) is 2.90. The zero-order valence-electron chi connectivity index (χ0n) is 10.3. The van der Waals surface area contributed by atoms with Crippen LogP contribution in [0.4, 0.5) is 0 Å². The van der Waals surface area contributed by atoms with E-state index in [9.17, 15) is 0 Å². The molecular weight excluding hydrogens is 278 g/mol. The highest BCUT2D eigenvalue weighted by atomic mass is 79.9. The molecule has 0 radical (unpaired) electrons. The first kappa shape index (κ1) is 12.3. The second kappa shape index (κ2) is 5.02. The lowest BCUT2D eigenvalue weighted by Gasteiger charge is -2.03. The second-order valence-electron chi connectivity index (χ2n) is 4.07. The van der Waals surface area contributed by atoms with Gasteiger partial charge in [0.25, 0.3) is 0 Å². The van der Waals surface area contributed by atoms with Crippen molar-refractivity contribution in [1.82, 2.24) is 14.9 Å². The van der Waals surface area contributed by atoms with Gasteiger partial charge in [-0.1, -0.05) is 28.1 Å². The molecule has 90 valence electrons. The van der Waals surface area contributed by atoms with Gasteiger partial charge >= 0.3 is 0 Å². The van der Waals surface area contributed by atoms with Crippen LogP contribution in [-0.2, 0) is 13.6 Å². The van der Waals surface area contributed by atoms with E-state index in [1.807, 2.05) is 19.2 Å². The fraction of sp³-hybridized carbons (Fsp3) is 0.308. The van der Waals surface area contributed by atoms with Gasteiger partial charge in [-0.05, 0) is 26.1 Å². The number of hydrogen-bond acceptors (Lipinski definition) is 2. The molecule has 4 heteroatoms. The average molecular weight is 294 g/mol. The van der Waals surface area contributed by atoms with Crippen LogP contribution in [0.3, 0.4) is 0 Å². The van der Waals surface area contributed by atoms with Crippen molar-refractivity contribution in [3.05, 3.63) is 40.1 Å². The Kier molecular flexibility index (Phi) is 3.64. The standard InChI is InChI=1S/C13H16BrN3/c1-9-12(8-15-2)16-13(17(9)3)10-5-4-6-11(14)7-10/h4-7,15H,8H2,1-3H3. The summed E-state index contributed by atoms with van der Waals surface area (Å²) in [5, 5.41) is 3.14. The SMILES string of the molecule is CNCc1nc(-c2cccc(Br)c2)n(C)c1C. The topological polar surface area (TPSA) is 29.9 Å². The lowest BCUT2D eigenvalue weighted by Crippen LogP contribution is -2.07. The monoisotopic (exact) mass is 293 g/mol. The highest BCUT2D eigenvalue weighted by Crippen LogP contribution is 2.23. The minimum Gasteiger partial charge on any atom is -0.331 e. The third-order valence-corrected chi connectivity index (χ3v) is 3.40. The van der Waals surface area contributed by atoms with Crippen LogP contribution in [0, 0.1) is 6.92 Å². The summed E-state index contributed by atoms with van der Waals surface area (Å²) in [6.07, 6.45) is 0. The average Bonchev–Trinajstić information content (AvgIpc) is 2.58. The molecule has 0 saturated heterocycles. The van der Waals surface area contributed by atoms with Crippen molar-refractivity contribution in [2.45, 2.75) is 13.5 Å². The molecule has 0 amide bonds. The van der Waals surface area contributed by atoms with Crippen LogP contribution in [0.5, 0.6) is 0 Å². The van der Waals surface area contributed by atoms with E-state index >= 15 is 0 Å². The van der Waals surface area contributed by atoms with Crippen molar-refractivity contribution >= 4 is 15.9 Å². The van der Waals surface area contributed by atoms with Gasteiger partial charge in [0.15, 0.2) is 0 Å². The second-order valence-corrected chi connectivity index (χ2v) is 4.98. The third kappa shape index (κ3) is 2.42. The van der Waals surface area contributed by atoms with Crippen molar-refractivity contribution < 1.29 is 0 Å². The molecule has 0 atom stereocenters. The Balaban J connectivity index is 2.49. The number of imidazole rings is 1. The third-order valence-electron chi connectivity index (χ3n) is 2.91. The molecule has 0 saturated carbocycles. The van der Waals surface area contributed by atoms with Gasteiger partial charge in [0.2, 0.25) is 0 Å². The molecule has 2 aromatic rings. The van der Waals surface area contributed by atoms with Crippen molar-refractivity contribution in [2.75, 3.05) is 7.05 Å². The van der Waals surface area contributed by atoms with Crippen molar-refractivity contribution in [2.24, 2.45) is 7.05 Å². The van der Waals surface area contributed by atoms with Gasteiger partial charge in [0.1, 0.15) is 5.82 Å². The Morgan fingerprint density at radius 1 is 1.41 bits per heavy atom. The van der Waals surface area contributed by atoms with Crippen LogP contribution in [0.25, 0.3) is 11.4 Å². The highest BCUT2D eigenvalue weighted by molar-refractivity contribution is 9.10. The molecule has 0 bridgehead atoms. The fourth-order valence-corrected chi connectivity index (χ4v) is 2.26. The maximum absolute atomic E-state index is 4.69. The maximum atomic E-state index is 4.69. The first-order valence-electron chi connectivity index (χ1n) is 5.56. The summed E-state index contributed by atoms with van der Waals surface area (Å²) in [6, 6.07) is 8.22. The van der Waals surface area contributed by atoms with E-state index in [-0.39, 0.29) is 0 Å². The number of rotatable bonds is 3. The van der Waals surface area contributed by atoms with Crippen LogP contribution in [-0.4, -0.2) is 16.6 Å². The molecule has 1 aromatic heterocycles. The van der Waals surface area contributed by atoms with Gasteiger partial charge in [-0.2, -0.15) is 0 Å². The Hall–Kier alpha value is -1.13. The van der Waals surface area contributed by atoms with Crippen LogP contribution in [0.1, 0.15) is 11.4 Å². The molecule has 0 aliphatic carbocycles. The normalized spacial score (nSPS) is 10.8. The van der Waals surface area contributed by atoms with Crippen molar-refractivity contribution in [3.8, 4) is 11.4 Å². The largest absolute Gasteiger partial charge is 0.331 e. The molecule has 1 heterocycles. The predicted molar refractivity (Wildman–Crippen MR) is 73.8 cm³/mol. The minimum atomic E-state index is 0.799. The molecule has 2 rings (SSSR count). The van der Waals surface area contributed by atoms with E-state index in [0.29, 0.717) is 0 Å². The van der Waals surface area contributed by atoms with Crippen molar-refractivity contribution in [3.63, 3.8) is 0 Å². The van der Waals surface area contributed by atoms with Crippen LogP contribution in [0.2, 0.25) is 0 Å². The number of aromatic nitrogens is 2. The quantitative estimate of drug-likeness (QED) is 0.943. The van der Waals surface area contributed by atoms with E-state index in [2.05, 4.69) is 51.9 Å². The lowest BCUT2D eigenvalue weighted by atomic mass is 10.2. The Labute approximate surface area is 110 Å². The van der Waals surface area contributed by atoms with Gasteiger partial charge in [0.05, 0.1) is 5.69 Å². The summed E-state index contributed by atoms with van der Waals surface area (Å²) in [7, 11) is 3.99. The molecule has 0 fully saturated rings. The van der Waals surface area contributed by atoms with E-state index in [1.54, 1.807) is 0 Å². The zero-order valence-corrected chi connectivity index (χ0v) is 11.9. The predicted octanol–water partition coefficient (Wildman–Crippen LogP) is 2.88. The number of hydrogen-bond donors (Lipinski definition) is 1. The smallest absolute Gasteiger partial charge is 0.140 e. The zero-order chi connectivity index (χ0) is 12.4. The van der Waals surface area contributed by atoms with Gasteiger partial charge < -0.3 is 9.88 Å². The van der Waals surface area contributed by atoms with E-state index in [0.717, 1.165) is 28.1 Å². The molecule has 0 aliphatic rings. The summed E-state index contributed by atoms with van der Waals surface area (Å²) >= 11 is 3.49. The lowest BCUT2D eigenvalue weighted by molar-refractivity contribution is 0.783. The fourth-order valence-electron chi connectivity index (χ4n) is 1.86. The van der Waals surface area contributed by atoms with Crippen molar-refractivity contribution in [1.29, 1.82) is 0 Å². The van der Waals surface area contributed by atoms with E-state index in [4.69, 9.17) is 4.98 Å². The maximum Gasteiger partial charge on any atom is 0.140 e. The van der Waals surface area contributed by atoms with Crippen LogP contribution < -0.4 is 5.32 Å². The van der Waals surface area contributed by atoms with E-state index < -0.39 is 0 Å². The molecule has 1 aromatic carbocycles. The molecule has 0 unspecified atom stereocenters. The van der Waals surface area contributed by atoms with Crippen LogP contribution in [0.15, 0.2) is 28.7 Å². The molecule has 17 heavy (non-hydrogen) atoms. The molecule has 0 aliphatic heterocycles. The first-order valence-corrected chi connectivity index (χ1v) is 6.35. The molecular formula is C13H16BrN3.